The van der Waals surface area contributed by atoms with Gasteiger partial charge in [0, 0.05) is 34.1 Å². The number of benzene rings is 3. The van der Waals surface area contributed by atoms with E-state index in [4.69, 9.17) is 11.6 Å². The molecule has 3 amide bonds. The highest BCUT2D eigenvalue weighted by atomic mass is 35.5. The summed E-state index contributed by atoms with van der Waals surface area (Å²) in [4.78, 5) is 27.2. The van der Waals surface area contributed by atoms with Crippen molar-refractivity contribution in [2.45, 2.75) is 25.8 Å². The molecule has 1 fully saturated rings. The van der Waals surface area contributed by atoms with Gasteiger partial charge in [0.2, 0.25) is 15.9 Å². The lowest BCUT2D eigenvalue weighted by atomic mass is 9.98. The number of halogens is 2. The van der Waals surface area contributed by atoms with Crippen molar-refractivity contribution in [3.8, 4) is 11.1 Å². The smallest absolute Gasteiger partial charge is 0.319 e. The quantitative estimate of drug-likeness (QED) is 0.399. The van der Waals surface area contributed by atoms with Crippen molar-refractivity contribution in [3.05, 3.63) is 77.1 Å². The standard InChI is InChI=1S/C26H26ClFN4O4S/c1-16-14-20(19-6-3-4-7-22(19)31-37(2,35)36)21(28)15-24(16)32-13-5-8-23(25(32)33)30-26(34)29-18-11-9-17(27)10-12-18/h3-4,6-7,9-12,14-15,23,31H,5,8,13H2,1-2H3,(H2,29,30,34)/t23-/m1/s1. The largest absolute Gasteiger partial charge is 0.326 e. The first kappa shape index (κ1) is 26.4. The summed E-state index contributed by atoms with van der Waals surface area (Å²) in [5.74, 6) is -0.946. The lowest BCUT2D eigenvalue weighted by molar-refractivity contribution is -0.121. The third-order valence-electron chi connectivity index (χ3n) is 5.94. The number of piperidine rings is 1. The zero-order valence-corrected chi connectivity index (χ0v) is 21.8. The Hall–Kier alpha value is -3.63. The summed E-state index contributed by atoms with van der Waals surface area (Å²) in [5.41, 5.74) is 2.38. The van der Waals surface area contributed by atoms with Crippen LogP contribution in [0.2, 0.25) is 5.02 Å². The molecule has 0 bridgehead atoms. The number of urea groups is 1. The SMILES string of the molecule is Cc1cc(-c2ccccc2NS(C)(=O)=O)c(F)cc1N1CCC[C@@H](NC(=O)Nc2ccc(Cl)cc2)C1=O. The van der Waals surface area contributed by atoms with Crippen molar-refractivity contribution in [3.63, 3.8) is 0 Å². The van der Waals surface area contributed by atoms with Crippen LogP contribution in [0.4, 0.5) is 26.2 Å². The predicted octanol–water partition coefficient (Wildman–Crippen LogP) is 5.14. The van der Waals surface area contributed by atoms with Gasteiger partial charge in [-0.05, 0) is 67.8 Å². The lowest BCUT2D eigenvalue weighted by Gasteiger charge is -2.33. The molecular formula is C26H26ClFN4O4S. The molecule has 37 heavy (non-hydrogen) atoms. The van der Waals surface area contributed by atoms with Crippen LogP contribution in [0.3, 0.4) is 0 Å². The second kappa shape index (κ2) is 10.8. The van der Waals surface area contributed by atoms with Crippen LogP contribution in [0.25, 0.3) is 11.1 Å². The van der Waals surface area contributed by atoms with Crippen LogP contribution in [0.1, 0.15) is 18.4 Å². The Labute approximate surface area is 219 Å². The molecule has 194 valence electrons. The topological polar surface area (TPSA) is 108 Å². The van der Waals surface area contributed by atoms with Gasteiger partial charge in [-0.2, -0.15) is 0 Å². The van der Waals surface area contributed by atoms with Gasteiger partial charge in [0.25, 0.3) is 0 Å². The second-order valence-electron chi connectivity index (χ2n) is 8.83. The molecule has 1 aliphatic rings. The fourth-order valence-corrected chi connectivity index (χ4v) is 4.99. The number of carbonyl (C=O) groups is 2. The van der Waals surface area contributed by atoms with Gasteiger partial charge >= 0.3 is 6.03 Å². The number of amides is 3. The fourth-order valence-electron chi connectivity index (χ4n) is 4.28. The van der Waals surface area contributed by atoms with Crippen LogP contribution in [0, 0.1) is 12.7 Å². The number of aryl methyl sites for hydroxylation is 1. The highest BCUT2D eigenvalue weighted by molar-refractivity contribution is 7.92. The molecule has 3 aromatic rings. The number of anilines is 3. The van der Waals surface area contributed by atoms with E-state index in [1.54, 1.807) is 61.5 Å². The molecule has 0 aromatic heterocycles. The number of rotatable bonds is 6. The van der Waals surface area contributed by atoms with Crippen LogP contribution in [0.5, 0.6) is 0 Å². The maximum absolute atomic E-state index is 15.4. The maximum Gasteiger partial charge on any atom is 0.319 e. The summed E-state index contributed by atoms with van der Waals surface area (Å²) in [6.07, 6.45) is 2.09. The van der Waals surface area contributed by atoms with Crippen molar-refractivity contribution in [1.82, 2.24) is 5.32 Å². The van der Waals surface area contributed by atoms with Crippen molar-refractivity contribution in [2.75, 3.05) is 27.7 Å². The van der Waals surface area contributed by atoms with Crippen LogP contribution in [-0.2, 0) is 14.8 Å². The normalized spacial score (nSPS) is 15.8. The van der Waals surface area contributed by atoms with Gasteiger partial charge in [0.1, 0.15) is 11.9 Å². The van der Waals surface area contributed by atoms with Crippen molar-refractivity contribution in [2.24, 2.45) is 0 Å². The summed E-state index contributed by atoms with van der Waals surface area (Å²) >= 11 is 5.87. The van der Waals surface area contributed by atoms with E-state index < -0.39 is 27.9 Å². The second-order valence-corrected chi connectivity index (χ2v) is 11.0. The molecule has 8 nitrogen and oxygen atoms in total. The van der Waals surface area contributed by atoms with Crippen LogP contribution >= 0.6 is 11.6 Å². The summed E-state index contributed by atoms with van der Waals surface area (Å²) in [6, 6.07) is 14.6. The number of hydrogen-bond acceptors (Lipinski definition) is 4. The van der Waals surface area contributed by atoms with Gasteiger partial charge in [-0.25, -0.2) is 17.6 Å². The Morgan fingerprint density at radius 2 is 1.78 bits per heavy atom. The molecule has 1 atom stereocenters. The Balaban J connectivity index is 1.55. The minimum atomic E-state index is -3.57. The average Bonchev–Trinajstić information content (AvgIpc) is 2.83. The molecule has 1 aliphatic heterocycles. The third-order valence-corrected chi connectivity index (χ3v) is 6.78. The molecule has 11 heteroatoms. The van der Waals surface area contributed by atoms with Crippen molar-refractivity contribution in [1.29, 1.82) is 0 Å². The van der Waals surface area contributed by atoms with Crippen LogP contribution in [-0.4, -0.2) is 39.2 Å². The van der Waals surface area contributed by atoms with E-state index in [2.05, 4.69) is 15.4 Å². The maximum atomic E-state index is 15.4. The fraction of sp³-hybridized carbons (Fsp3) is 0.231. The first-order chi connectivity index (χ1) is 17.5. The predicted molar refractivity (Wildman–Crippen MR) is 144 cm³/mol. The Morgan fingerprint density at radius 3 is 2.49 bits per heavy atom. The van der Waals surface area contributed by atoms with E-state index in [0.29, 0.717) is 46.9 Å². The average molecular weight is 545 g/mol. The van der Waals surface area contributed by atoms with Gasteiger partial charge in [-0.1, -0.05) is 29.8 Å². The molecular weight excluding hydrogens is 519 g/mol. The molecule has 1 saturated heterocycles. The molecule has 0 spiro atoms. The molecule has 0 saturated carbocycles. The number of nitrogens with zero attached hydrogens (tertiary/aromatic N) is 1. The molecule has 3 N–H and O–H groups in total. The zero-order valence-electron chi connectivity index (χ0n) is 20.2. The van der Waals surface area contributed by atoms with Crippen LogP contribution < -0.4 is 20.3 Å². The minimum absolute atomic E-state index is 0.203. The minimum Gasteiger partial charge on any atom is -0.326 e. The summed E-state index contributed by atoms with van der Waals surface area (Å²) in [6.45, 7) is 2.13. The first-order valence-electron chi connectivity index (χ1n) is 11.5. The van der Waals surface area contributed by atoms with E-state index in [1.807, 2.05) is 0 Å². The highest BCUT2D eigenvalue weighted by Crippen LogP contribution is 2.35. The summed E-state index contributed by atoms with van der Waals surface area (Å²) in [7, 11) is -3.57. The van der Waals surface area contributed by atoms with E-state index in [1.165, 1.54) is 11.0 Å². The van der Waals surface area contributed by atoms with Crippen molar-refractivity contribution >= 4 is 50.6 Å². The van der Waals surface area contributed by atoms with Crippen molar-refractivity contribution < 1.29 is 22.4 Å². The number of para-hydroxylation sites is 1. The molecule has 0 unspecified atom stereocenters. The Kier molecular flexibility index (Phi) is 7.70. The first-order valence-corrected chi connectivity index (χ1v) is 13.8. The highest BCUT2D eigenvalue weighted by Gasteiger charge is 2.32. The number of nitrogens with one attached hydrogen (secondary N) is 3. The number of hydrogen-bond donors (Lipinski definition) is 3. The van der Waals surface area contributed by atoms with Gasteiger partial charge in [0.05, 0.1) is 11.9 Å². The molecule has 0 aliphatic carbocycles. The molecule has 3 aromatic carbocycles. The van der Waals surface area contributed by atoms with E-state index in [0.717, 1.165) is 6.26 Å². The number of sulfonamides is 1. The van der Waals surface area contributed by atoms with Gasteiger partial charge in [0.15, 0.2) is 0 Å². The van der Waals surface area contributed by atoms with E-state index in [9.17, 15) is 18.0 Å². The van der Waals surface area contributed by atoms with Gasteiger partial charge in [-0.15, -0.1) is 0 Å². The lowest BCUT2D eigenvalue weighted by Crippen LogP contribution is -2.53. The molecule has 4 rings (SSSR count). The number of carbonyl (C=O) groups excluding carboxylic acids is 2. The van der Waals surface area contributed by atoms with Gasteiger partial charge in [-0.3, -0.25) is 9.52 Å². The summed E-state index contributed by atoms with van der Waals surface area (Å²) in [5, 5.41) is 5.90. The van der Waals surface area contributed by atoms with E-state index >= 15 is 4.39 Å². The third kappa shape index (κ3) is 6.39. The Morgan fingerprint density at radius 1 is 1.08 bits per heavy atom. The van der Waals surface area contributed by atoms with E-state index in [-0.39, 0.29) is 17.2 Å². The van der Waals surface area contributed by atoms with Gasteiger partial charge < -0.3 is 15.5 Å². The summed E-state index contributed by atoms with van der Waals surface area (Å²) < 4.78 is 41.3. The zero-order chi connectivity index (χ0) is 26.7. The Bertz CT molecular complexity index is 1450. The monoisotopic (exact) mass is 544 g/mol. The molecule has 1 heterocycles. The van der Waals surface area contributed by atoms with Crippen LogP contribution in [0.15, 0.2) is 60.7 Å². The molecule has 0 radical (unpaired) electrons.